The molecule has 1 aromatic carbocycles. The number of nitrogens with two attached hydrogens (primary N) is 1. The number of hydrogen-bond donors (Lipinski definition) is 3. The predicted octanol–water partition coefficient (Wildman–Crippen LogP) is 3.47. The highest BCUT2D eigenvalue weighted by molar-refractivity contribution is 6.03. The van der Waals surface area contributed by atoms with Crippen LogP contribution in [0.15, 0.2) is 24.3 Å². The molecule has 3 aromatic rings. The van der Waals surface area contributed by atoms with Crippen molar-refractivity contribution in [3.63, 3.8) is 0 Å². The van der Waals surface area contributed by atoms with Gasteiger partial charge < -0.3 is 20.3 Å². The Kier molecular flexibility index (Phi) is 7.47. The van der Waals surface area contributed by atoms with Gasteiger partial charge in [0, 0.05) is 30.7 Å². The second kappa shape index (κ2) is 10.2. The number of anilines is 1. The number of benzene rings is 1. The number of unbranched alkanes of at least 4 members (excludes halogenated alkanes) is 1. The van der Waals surface area contributed by atoms with Crippen molar-refractivity contribution in [1.82, 2.24) is 24.2 Å². The maximum Gasteiger partial charge on any atom is 0.407 e. The number of nitrogens with zero attached hydrogens (tertiary/aromatic N) is 5. The highest BCUT2D eigenvalue weighted by Crippen LogP contribution is 2.23. The minimum atomic E-state index is -0.958. The van der Waals surface area contributed by atoms with E-state index in [0.29, 0.717) is 55.2 Å². The number of primary amides is 1. The van der Waals surface area contributed by atoms with Gasteiger partial charge in [0.1, 0.15) is 5.69 Å². The molecule has 0 spiro atoms. The number of nitrogens with one attached hydrogen (secondary N) is 1. The van der Waals surface area contributed by atoms with E-state index < -0.39 is 17.5 Å². The Morgan fingerprint density at radius 2 is 1.89 bits per heavy atom. The standard InChI is InChI=1S/C24H33N7O4/c1-6-31-19(13-15(2)28-31)21(33)27-22-26-17-14-16(20(25)32)9-10-18(17)29(22)11-7-8-12-30(23(34)35)24(3,4)5/h9-10,13-14H,6-8,11-12H2,1-5H3,(H2,25,32)(H,34,35)(H,26,27,33). The first-order valence-corrected chi connectivity index (χ1v) is 11.6. The monoisotopic (exact) mass is 483 g/mol. The molecule has 3 rings (SSSR count). The molecular weight excluding hydrogens is 450 g/mol. The Morgan fingerprint density at radius 3 is 2.49 bits per heavy atom. The van der Waals surface area contributed by atoms with Crippen LogP contribution < -0.4 is 11.1 Å². The van der Waals surface area contributed by atoms with Gasteiger partial charge in [-0.3, -0.25) is 19.6 Å². The highest BCUT2D eigenvalue weighted by Gasteiger charge is 2.25. The molecule has 11 nitrogen and oxygen atoms in total. The molecule has 0 aliphatic heterocycles. The Hall–Kier alpha value is -3.89. The van der Waals surface area contributed by atoms with Gasteiger partial charge in [-0.1, -0.05) is 0 Å². The van der Waals surface area contributed by atoms with E-state index in [1.54, 1.807) is 28.9 Å². The summed E-state index contributed by atoms with van der Waals surface area (Å²) < 4.78 is 3.48. The van der Waals surface area contributed by atoms with E-state index >= 15 is 0 Å². The number of aryl methyl sites for hydroxylation is 3. The Bertz CT molecular complexity index is 1250. The quantitative estimate of drug-likeness (QED) is 0.397. The zero-order valence-electron chi connectivity index (χ0n) is 20.8. The topological polar surface area (TPSA) is 148 Å². The molecular formula is C24H33N7O4. The van der Waals surface area contributed by atoms with Crippen LogP contribution in [-0.2, 0) is 13.1 Å². The smallest absolute Gasteiger partial charge is 0.407 e. The highest BCUT2D eigenvalue weighted by atomic mass is 16.4. The Balaban J connectivity index is 1.87. The molecule has 0 aliphatic rings. The molecule has 0 saturated heterocycles. The summed E-state index contributed by atoms with van der Waals surface area (Å²) in [6, 6.07) is 6.67. The Morgan fingerprint density at radius 1 is 1.17 bits per heavy atom. The van der Waals surface area contributed by atoms with Crippen molar-refractivity contribution in [2.75, 3.05) is 11.9 Å². The average Bonchev–Trinajstić information content (AvgIpc) is 3.31. The van der Waals surface area contributed by atoms with Gasteiger partial charge in [0.25, 0.3) is 5.91 Å². The number of aromatic nitrogens is 4. The average molecular weight is 484 g/mol. The predicted molar refractivity (Wildman–Crippen MR) is 133 cm³/mol. The number of carbonyl (C=O) groups excluding carboxylic acids is 2. The van der Waals surface area contributed by atoms with Crippen LogP contribution in [0.4, 0.5) is 10.7 Å². The molecule has 0 unspecified atom stereocenters. The number of imidazole rings is 1. The third-order valence-electron chi connectivity index (χ3n) is 5.75. The van der Waals surface area contributed by atoms with Crippen molar-refractivity contribution in [3.05, 3.63) is 41.2 Å². The first-order valence-electron chi connectivity index (χ1n) is 11.6. The fraction of sp³-hybridized carbons (Fsp3) is 0.458. The molecule has 0 fully saturated rings. The molecule has 2 heterocycles. The summed E-state index contributed by atoms with van der Waals surface area (Å²) in [6.45, 7) is 10.7. The third-order valence-corrected chi connectivity index (χ3v) is 5.75. The minimum Gasteiger partial charge on any atom is -0.465 e. The largest absolute Gasteiger partial charge is 0.465 e. The van der Waals surface area contributed by atoms with Crippen LogP contribution in [0.25, 0.3) is 11.0 Å². The van der Waals surface area contributed by atoms with E-state index in [4.69, 9.17) is 5.73 Å². The molecule has 0 bridgehead atoms. The van der Waals surface area contributed by atoms with Gasteiger partial charge in [-0.2, -0.15) is 5.10 Å². The third kappa shape index (κ3) is 5.79. The summed E-state index contributed by atoms with van der Waals surface area (Å²) in [5.41, 5.74) is 7.65. The van der Waals surface area contributed by atoms with Crippen LogP contribution in [-0.4, -0.2) is 59.3 Å². The van der Waals surface area contributed by atoms with Gasteiger partial charge in [0.15, 0.2) is 0 Å². The maximum absolute atomic E-state index is 13.0. The molecule has 11 heteroatoms. The summed E-state index contributed by atoms with van der Waals surface area (Å²) >= 11 is 0. The van der Waals surface area contributed by atoms with Crippen molar-refractivity contribution in [3.8, 4) is 0 Å². The summed E-state index contributed by atoms with van der Waals surface area (Å²) in [7, 11) is 0. The first-order chi connectivity index (χ1) is 16.4. The van der Waals surface area contributed by atoms with Crippen LogP contribution in [0.2, 0.25) is 0 Å². The fourth-order valence-corrected chi connectivity index (χ4v) is 4.00. The summed E-state index contributed by atoms with van der Waals surface area (Å²) in [4.78, 5) is 42.3. The molecule has 3 amide bonds. The maximum atomic E-state index is 13.0. The summed E-state index contributed by atoms with van der Waals surface area (Å²) in [5.74, 6) is -0.576. The second-order valence-corrected chi connectivity index (χ2v) is 9.41. The SMILES string of the molecule is CCn1nc(C)cc1C(=O)Nc1nc2cc(C(N)=O)ccc2n1CCCCN(C(=O)O)C(C)(C)C. The van der Waals surface area contributed by atoms with Gasteiger partial charge in [-0.25, -0.2) is 9.78 Å². The van der Waals surface area contributed by atoms with Gasteiger partial charge in [-0.05, 0) is 71.7 Å². The lowest BCUT2D eigenvalue weighted by atomic mass is 10.1. The number of carbonyl (C=O) groups is 3. The van der Waals surface area contributed by atoms with Gasteiger partial charge in [-0.15, -0.1) is 0 Å². The Labute approximate surface area is 203 Å². The van der Waals surface area contributed by atoms with Crippen molar-refractivity contribution in [2.45, 2.75) is 66.1 Å². The number of fused-ring (bicyclic) bond motifs is 1. The van der Waals surface area contributed by atoms with Crippen molar-refractivity contribution < 1.29 is 19.5 Å². The van der Waals surface area contributed by atoms with E-state index in [9.17, 15) is 19.5 Å². The van der Waals surface area contributed by atoms with E-state index in [-0.39, 0.29) is 5.91 Å². The van der Waals surface area contributed by atoms with Gasteiger partial charge >= 0.3 is 6.09 Å². The van der Waals surface area contributed by atoms with Crippen LogP contribution in [0.1, 0.15) is 67.1 Å². The van der Waals surface area contributed by atoms with E-state index in [2.05, 4.69) is 15.4 Å². The fourth-order valence-electron chi connectivity index (χ4n) is 4.00. The molecule has 188 valence electrons. The molecule has 0 radical (unpaired) electrons. The number of hydrogen-bond acceptors (Lipinski definition) is 5. The van der Waals surface area contributed by atoms with E-state index in [0.717, 1.165) is 11.2 Å². The zero-order valence-corrected chi connectivity index (χ0v) is 20.8. The van der Waals surface area contributed by atoms with Crippen LogP contribution in [0.3, 0.4) is 0 Å². The normalized spacial score (nSPS) is 11.6. The lowest BCUT2D eigenvalue weighted by Crippen LogP contribution is -2.45. The molecule has 0 saturated carbocycles. The van der Waals surface area contributed by atoms with E-state index in [1.165, 1.54) is 4.90 Å². The molecule has 35 heavy (non-hydrogen) atoms. The van der Waals surface area contributed by atoms with E-state index in [1.807, 2.05) is 39.2 Å². The van der Waals surface area contributed by atoms with Crippen molar-refractivity contribution in [1.29, 1.82) is 0 Å². The molecule has 0 aliphatic carbocycles. The van der Waals surface area contributed by atoms with Gasteiger partial charge in [0.05, 0.1) is 16.7 Å². The second-order valence-electron chi connectivity index (χ2n) is 9.41. The molecule has 2 aromatic heterocycles. The van der Waals surface area contributed by atoms with Crippen molar-refractivity contribution >= 4 is 34.9 Å². The lowest BCUT2D eigenvalue weighted by Gasteiger charge is -2.33. The van der Waals surface area contributed by atoms with Crippen molar-refractivity contribution in [2.24, 2.45) is 5.73 Å². The molecule has 0 atom stereocenters. The minimum absolute atomic E-state index is 0.321. The lowest BCUT2D eigenvalue weighted by molar-refractivity contribution is 0.0981. The number of rotatable bonds is 9. The summed E-state index contributed by atoms with van der Waals surface area (Å²) in [6.07, 6.45) is 0.315. The van der Waals surface area contributed by atoms with Crippen LogP contribution >= 0.6 is 0 Å². The zero-order chi connectivity index (χ0) is 25.9. The first kappa shape index (κ1) is 25.7. The summed E-state index contributed by atoms with van der Waals surface area (Å²) in [5, 5.41) is 16.7. The number of carboxylic acid groups (broad SMARTS) is 1. The van der Waals surface area contributed by atoms with Crippen LogP contribution in [0.5, 0.6) is 0 Å². The van der Waals surface area contributed by atoms with Gasteiger partial charge in [0.2, 0.25) is 11.9 Å². The number of amides is 3. The molecule has 4 N–H and O–H groups in total. The van der Waals surface area contributed by atoms with Crippen LogP contribution in [0, 0.1) is 6.92 Å².